The van der Waals surface area contributed by atoms with E-state index in [1.807, 2.05) is 12.1 Å². The third-order valence-corrected chi connectivity index (χ3v) is 3.59. The SMILES string of the molecule is CC1CCCCC1NCc1ccc(F)cc1. The summed E-state index contributed by atoms with van der Waals surface area (Å²) < 4.78 is 12.7. The molecule has 2 rings (SSSR count). The van der Waals surface area contributed by atoms with Gasteiger partial charge in [-0.05, 0) is 36.5 Å². The minimum absolute atomic E-state index is 0.158. The molecule has 1 saturated carbocycles. The molecule has 0 amide bonds. The highest BCUT2D eigenvalue weighted by atomic mass is 19.1. The first kappa shape index (κ1) is 11.6. The Bertz CT molecular complexity index is 320. The average Bonchev–Trinajstić information content (AvgIpc) is 2.30. The first-order chi connectivity index (χ1) is 7.75. The van der Waals surface area contributed by atoms with E-state index in [1.165, 1.54) is 43.4 Å². The zero-order chi connectivity index (χ0) is 11.4. The van der Waals surface area contributed by atoms with E-state index in [-0.39, 0.29) is 5.82 Å². The summed E-state index contributed by atoms with van der Waals surface area (Å²) >= 11 is 0. The molecule has 1 fully saturated rings. The van der Waals surface area contributed by atoms with Crippen molar-refractivity contribution >= 4 is 0 Å². The van der Waals surface area contributed by atoms with Gasteiger partial charge in [0, 0.05) is 12.6 Å². The molecule has 1 aliphatic rings. The summed E-state index contributed by atoms with van der Waals surface area (Å²) in [5.41, 5.74) is 1.17. The molecule has 0 bridgehead atoms. The predicted octanol–water partition coefficient (Wildman–Crippen LogP) is 3.49. The Labute approximate surface area is 97.1 Å². The van der Waals surface area contributed by atoms with Crippen molar-refractivity contribution in [3.05, 3.63) is 35.6 Å². The Morgan fingerprint density at radius 3 is 2.56 bits per heavy atom. The van der Waals surface area contributed by atoms with Gasteiger partial charge in [0.2, 0.25) is 0 Å². The van der Waals surface area contributed by atoms with Crippen LogP contribution in [0.1, 0.15) is 38.2 Å². The van der Waals surface area contributed by atoms with Gasteiger partial charge in [-0.15, -0.1) is 0 Å². The number of nitrogens with one attached hydrogen (secondary N) is 1. The molecule has 1 aromatic rings. The Hall–Kier alpha value is -0.890. The van der Waals surface area contributed by atoms with Crippen molar-refractivity contribution in [2.45, 2.75) is 45.2 Å². The van der Waals surface area contributed by atoms with E-state index in [4.69, 9.17) is 0 Å². The van der Waals surface area contributed by atoms with Gasteiger partial charge in [-0.2, -0.15) is 0 Å². The van der Waals surface area contributed by atoms with Crippen molar-refractivity contribution in [1.82, 2.24) is 5.32 Å². The fraction of sp³-hybridized carbons (Fsp3) is 0.571. The van der Waals surface area contributed by atoms with E-state index in [1.54, 1.807) is 0 Å². The second-order valence-electron chi connectivity index (χ2n) is 4.88. The minimum atomic E-state index is -0.158. The second-order valence-corrected chi connectivity index (χ2v) is 4.88. The molecule has 1 aromatic carbocycles. The van der Waals surface area contributed by atoms with E-state index >= 15 is 0 Å². The van der Waals surface area contributed by atoms with Gasteiger partial charge in [0.1, 0.15) is 5.82 Å². The maximum atomic E-state index is 12.7. The largest absolute Gasteiger partial charge is 0.310 e. The number of benzene rings is 1. The standard InChI is InChI=1S/C14H20FN/c1-11-4-2-3-5-14(11)16-10-12-6-8-13(15)9-7-12/h6-9,11,14,16H,2-5,10H2,1H3. The summed E-state index contributed by atoms with van der Waals surface area (Å²) in [7, 11) is 0. The van der Waals surface area contributed by atoms with Gasteiger partial charge in [0.25, 0.3) is 0 Å². The molecule has 0 aliphatic heterocycles. The zero-order valence-corrected chi connectivity index (χ0v) is 9.88. The van der Waals surface area contributed by atoms with Crippen LogP contribution in [0.25, 0.3) is 0 Å². The van der Waals surface area contributed by atoms with Crippen molar-refractivity contribution < 1.29 is 4.39 Å². The number of hydrogen-bond donors (Lipinski definition) is 1. The molecule has 0 heterocycles. The summed E-state index contributed by atoms with van der Waals surface area (Å²) in [5, 5.41) is 3.58. The summed E-state index contributed by atoms with van der Waals surface area (Å²) in [6.45, 7) is 3.18. The summed E-state index contributed by atoms with van der Waals surface area (Å²) in [5.74, 6) is 0.615. The Kier molecular flexibility index (Phi) is 3.94. The fourth-order valence-electron chi connectivity index (χ4n) is 2.47. The van der Waals surface area contributed by atoms with Crippen molar-refractivity contribution in [2.24, 2.45) is 5.92 Å². The van der Waals surface area contributed by atoms with Gasteiger partial charge in [0.15, 0.2) is 0 Å². The number of hydrogen-bond acceptors (Lipinski definition) is 1. The first-order valence-electron chi connectivity index (χ1n) is 6.23. The molecule has 0 aromatic heterocycles. The quantitative estimate of drug-likeness (QED) is 0.823. The minimum Gasteiger partial charge on any atom is -0.310 e. The summed E-state index contributed by atoms with van der Waals surface area (Å²) in [4.78, 5) is 0. The van der Waals surface area contributed by atoms with Crippen LogP contribution in [0.4, 0.5) is 4.39 Å². The second kappa shape index (κ2) is 5.44. The molecule has 0 spiro atoms. The van der Waals surface area contributed by atoms with E-state index in [0.29, 0.717) is 6.04 Å². The van der Waals surface area contributed by atoms with Crippen LogP contribution in [0.2, 0.25) is 0 Å². The molecule has 2 unspecified atom stereocenters. The molecule has 2 atom stereocenters. The predicted molar refractivity (Wildman–Crippen MR) is 64.7 cm³/mol. The topological polar surface area (TPSA) is 12.0 Å². The lowest BCUT2D eigenvalue weighted by Gasteiger charge is -2.29. The molecule has 0 radical (unpaired) electrons. The van der Waals surface area contributed by atoms with Crippen LogP contribution in [0, 0.1) is 11.7 Å². The third kappa shape index (κ3) is 3.05. The lowest BCUT2D eigenvalue weighted by atomic mass is 9.86. The molecule has 88 valence electrons. The Morgan fingerprint density at radius 2 is 1.88 bits per heavy atom. The molecule has 2 heteroatoms. The lowest BCUT2D eigenvalue weighted by Crippen LogP contribution is -2.36. The van der Waals surface area contributed by atoms with Gasteiger partial charge in [0.05, 0.1) is 0 Å². The highest BCUT2D eigenvalue weighted by Crippen LogP contribution is 2.23. The Morgan fingerprint density at radius 1 is 1.19 bits per heavy atom. The number of halogens is 1. The van der Waals surface area contributed by atoms with Gasteiger partial charge < -0.3 is 5.32 Å². The van der Waals surface area contributed by atoms with Crippen LogP contribution >= 0.6 is 0 Å². The van der Waals surface area contributed by atoms with Gasteiger partial charge in [-0.1, -0.05) is 31.9 Å². The molecular weight excluding hydrogens is 201 g/mol. The summed E-state index contributed by atoms with van der Waals surface area (Å²) in [6, 6.07) is 7.41. The average molecular weight is 221 g/mol. The number of rotatable bonds is 3. The highest BCUT2D eigenvalue weighted by molar-refractivity contribution is 5.15. The lowest BCUT2D eigenvalue weighted by molar-refractivity contribution is 0.279. The van der Waals surface area contributed by atoms with Crippen molar-refractivity contribution in [3.63, 3.8) is 0 Å². The van der Waals surface area contributed by atoms with Gasteiger partial charge >= 0.3 is 0 Å². The van der Waals surface area contributed by atoms with Crippen molar-refractivity contribution in [3.8, 4) is 0 Å². The van der Waals surface area contributed by atoms with Crippen LogP contribution in [0.3, 0.4) is 0 Å². The maximum Gasteiger partial charge on any atom is 0.123 e. The first-order valence-corrected chi connectivity index (χ1v) is 6.23. The van der Waals surface area contributed by atoms with Gasteiger partial charge in [-0.25, -0.2) is 4.39 Å². The maximum absolute atomic E-state index is 12.7. The molecular formula is C14H20FN. The van der Waals surface area contributed by atoms with Crippen molar-refractivity contribution in [1.29, 1.82) is 0 Å². The van der Waals surface area contributed by atoms with E-state index < -0.39 is 0 Å². The molecule has 0 saturated heterocycles. The molecule has 16 heavy (non-hydrogen) atoms. The van der Waals surface area contributed by atoms with Crippen LogP contribution in [0.15, 0.2) is 24.3 Å². The summed E-state index contributed by atoms with van der Waals surface area (Å²) in [6.07, 6.45) is 5.32. The van der Waals surface area contributed by atoms with Gasteiger partial charge in [-0.3, -0.25) is 0 Å². The van der Waals surface area contributed by atoms with Crippen LogP contribution in [-0.4, -0.2) is 6.04 Å². The van der Waals surface area contributed by atoms with E-state index in [2.05, 4.69) is 12.2 Å². The highest BCUT2D eigenvalue weighted by Gasteiger charge is 2.20. The zero-order valence-electron chi connectivity index (χ0n) is 9.88. The smallest absolute Gasteiger partial charge is 0.123 e. The molecule has 1 nitrogen and oxygen atoms in total. The third-order valence-electron chi connectivity index (χ3n) is 3.59. The monoisotopic (exact) mass is 221 g/mol. The van der Waals surface area contributed by atoms with E-state index in [9.17, 15) is 4.39 Å². The van der Waals surface area contributed by atoms with E-state index in [0.717, 1.165) is 12.5 Å². The Balaban J connectivity index is 1.84. The van der Waals surface area contributed by atoms with Crippen LogP contribution < -0.4 is 5.32 Å². The molecule has 1 N–H and O–H groups in total. The normalized spacial score (nSPS) is 25.6. The molecule has 1 aliphatic carbocycles. The van der Waals surface area contributed by atoms with Crippen LogP contribution in [-0.2, 0) is 6.54 Å². The van der Waals surface area contributed by atoms with Crippen LogP contribution in [0.5, 0.6) is 0 Å². The fourth-order valence-corrected chi connectivity index (χ4v) is 2.47. The van der Waals surface area contributed by atoms with Crippen molar-refractivity contribution in [2.75, 3.05) is 0 Å².